The third-order valence-electron chi connectivity index (χ3n) is 8.43. The maximum Gasteiger partial charge on any atom is 0.224 e. The summed E-state index contributed by atoms with van der Waals surface area (Å²) in [4.78, 5) is 12.8. The highest BCUT2D eigenvalue weighted by Gasteiger charge is 2.39. The molecule has 4 N–H and O–H groups in total. The van der Waals surface area contributed by atoms with Crippen molar-refractivity contribution in [3.63, 3.8) is 0 Å². The molecule has 44 heavy (non-hydrogen) atoms. The van der Waals surface area contributed by atoms with Gasteiger partial charge in [-0.1, -0.05) is 57.2 Å². The van der Waals surface area contributed by atoms with Gasteiger partial charge in [0.25, 0.3) is 0 Å². The van der Waals surface area contributed by atoms with Gasteiger partial charge >= 0.3 is 0 Å². The van der Waals surface area contributed by atoms with Crippen LogP contribution in [0.25, 0.3) is 0 Å². The SMILES string of the molecule is COc1cccc(OC)c1CNC(=O)Cc1cccc(C[C@@H](C)NC[C@H](O[Si](C)(C)C(C)(C)C)c2ccc(O)c(CO)c2)c1. The summed E-state index contributed by atoms with van der Waals surface area (Å²) in [6.45, 7) is 13.9. The molecule has 0 saturated heterocycles. The molecule has 1 amide bonds. The minimum atomic E-state index is -2.12. The van der Waals surface area contributed by atoms with Crippen LogP contribution in [-0.2, 0) is 35.2 Å². The summed E-state index contributed by atoms with van der Waals surface area (Å²) in [5, 5.41) is 26.5. The Balaban J connectivity index is 1.64. The summed E-state index contributed by atoms with van der Waals surface area (Å²) in [6, 6.07) is 19.1. The normalized spacial score (nSPS) is 13.3. The van der Waals surface area contributed by atoms with E-state index >= 15 is 0 Å². The molecule has 0 unspecified atom stereocenters. The van der Waals surface area contributed by atoms with Crippen LogP contribution >= 0.6 is 0 Å². The number of rotatable bonds is 15. The van der Waals surface area contributed by atoms with Crippen molar-refractivity contribution in [2.45, 2.75) is 84.0 Å². The monoisotopic (exact) mass is 622 g/mol. The molecule has 0 aliphatic carbocycles. The van der Waals surface area contributed by atoms with E-state index in [0.29, 0.717) is 30.2 Å². The molecule has 0 radical (unpaired) electrons. The second kappa shape index (κ2) is 15.6. The van der Waals surface area contributed by atoms with Crippen molar-refractivity contribution >= 4 is 14.2 Å². The summed E-state index contributed by atoms with van der Waals surface area (Å²) in [5.41, 5.74) is 4.29. The third-order valence-corrected chi connectivity index (χ3v) is 12.9. The third kappa shape index (κ3) is 9.56. The van der Waals surface area contributed by atoms with Crippen molar-refractivity contribution in [2.24, 2.45) is 0 Å². The maximum atomic E-state index is 12.8. The zero-order valence-electron chi connectivity index (χ0n) is 27.5. The fourth-order valence-corrected chi connectivity index (χ4v) is 6.11. The number of carbonyl (C=O) groups excluding carboxylic acids is 1. The molecule has 9 heteroatoms. The molecule has 0 saturated carbocycles. The van der Waals surface area contributed by atoms with Crippen molar-refractivity contribution in [1.82, 2.24) is 10.6 Å². The molecule has 8 nitrogen and oxygen atoms in total. The number of amides is 1. The first-order valence-corrected chi connectivity index (χ1v) is 18.1. The predicted molar refractivity (Wildman–Crippen MR) is 178 cm³/mol. The van der Waals surface area contributed by atoms with Crippen LogP contribution in [0.5, 0.6) is 17.2 Å². The van der Waals surface area contributed by atoms with Gasteiger partial charge in [-0.05, 0) is 72.4 Å². The molecule has 3 aromatic carbocycles. The van der Waals surface area contributed by atoms with Crippen molar-refractivity contribution in [1.29, 1.82) is 0 Å². The number of aliphatic hydroxyl groups is 1. The van der Waals surface area contributed by atoms with Crippen molar-refractivity contribution in [2.75, 3.05) is 20.8 Å². The van der Waals surface area contributed by atoms with Crippen LogP contribution in [0.15, 0.2) is 60.7 Å². The Labute approximate surface area is 263 Å². The van der Waals surface area contributed by atoms with Crippen LogP contribution in [0.3, 0.4) is 0 Å². The summed E-state index contributed by atoms with van der Waals surface area (Å²) in [7, 11) is 1.08. The van der Waals surface area contributed by atoms with Gasteiger partial charge in [0, 0.05) is 18.2 Å². The van der Waals surface area contributed by atoms with Crippen molar-refractivity contribution in [3.05, 3.63) is 88.5 Å². The number of phenols is 1. The van der Waals surface area contributed by atoms with E-state index in [1.807, 2.05) is 42.5 Å². The van der Waals surface area contributed by atoms with Crippen LogP contribution in [-0.4, -0.2) is 51.2 Å². The number of benzene rings is 3. The van der Waals surface area contributed by atoms with Crippen LogP contribution in [0, 0.1) is 0 Å². The zero-order valence-corrected chi connectivity index (χ0v) is 28.5. The second-order valence-electron chi connectivity index (χ2n) is 12.8. The number of nitrogens with one attached hydrogen (secondary N) is 2. The highest BCUT2D eigenvalue weighted by molar-refractivity contribution is 6.74. The fourth-order valence-electron chi connectivity index (χ4n) is 4.83. The number of methoxy groups -OCH3 is 2. The molecule has 0 aliphatic rings. The number of aromatic hydroxyl groups is 1. The van der Waals surface area contributed by atoms with Crippen LogP contribution in [0.2, 0.25) is 18.1 Å². The Morgan fingerprint density at radius 2 is 1.59 bits per heavy atom. The van der Waals surface area contributed by atoms with E-state index in [2.05, 4.69) is 63.6 Å². The lowest BCUT2D eigenvalue weighted by atomic mass is 10.0. The molecule has 0 heterocycles. The first-order chi connectivity index (χ1) is 20.8. The summed E-state index contributed by atoms with van der Waals surface area (Å²) in [5.74, 6) is 1.34. The van der Waals surface area contributed by atoms with Gasteiger partial charge in [0.05, 0.1) is 45.5 Å². The Morgan fingerprint density at radius 3 is 2.20 bits per heavy atom. The van der Waals surface area contributed by atoms with Crippen LogP contribution in [0.1, 0.15) is 61.6 Å². The second-order valence-corrected chi connectivity index (χ2v) is 17.6. The average Bonchev–Trinajstić information content (AvgIpc) is 2.97. The minimum Gasteiger partial charge on any atom is -0.508 e. The lowest BCUT2D eigenvalue weighted by Crippen LogP contribution is -2.44. The van der Waals surface area contributed by atoms with E-state index in [1.54, 1.807) is 20.3 Å². The van der Waals surface area contributed by atoms with Gasteiger partial charge in [0.1, 0.15) is 17.2 Å². The van der Waals surface area contributed by atoms with Gasteiger partial charge in [-0.2, -0.15) is 0 Å². The number of ether oxygens (including phenoxy) is 2. The van der Waals surface area contributed by atoms with Crippen LogP contribution < -0.4 is 20.1 Å². The molecule has 0 fully saturated rings. The van der Waals surface area contributed by atoms with Gasteiger partial charge in [0.2, 0.25) is 5.91 Å². The first kappa shape index (κ1) is 35.1. The molecular formula is C35H50N2O6Si. The van der Waals surface area contributed by atoms with E-state index in [4.69, 9.17) is 13.9 Å². The molecule has 0 bridgehead atoms. The topological polar surface area (TPSA) is 109 Å². The van der Waals surface area contributed by atoms with E-state index in [1.165, 1.54) is 0 Å². The Hall–Kier alpha value is -3.37. The van der Waals surface area contributed by atoms with Gasteiger partial charge in [-0.15, -0.1) is 0 Å². The molecule has 3 aromatic rings. The molecule has 0 aliphatic heterocycles. The van der Waals surface area contributed by atoms with E-state index < -0.39 is 8.32 Å². The minimum absolute atomic E-state index is 0.0273. The molecule has 3 rings (SSSR count). The molecule has 0 aromatic heterocycles. The summed E-state index contributed by atoms with van der Waals surface area (Å²) in [6.07, 6.45) is 0.808. The highest BCUT2D eigenvalue weighted by atomic mass is 28.4. The Bertz CT molecular complexity index is 1370. The van der Waals surface area contributed by atoms with Crippen LogP contribution in [0.4, 0.5) is 0 Å². The van der Waals surface area contributed by atoms with Gasteiger partial charge in [-0.25, -0.2) is 0 Å². The molecule has 2 atom stereocenters. The zero-order chi connectivity index (χ0) is 32.5. The number of carbonyl (C=O) groups is 1. The van der Waals surface area contributed by atoms with E-state index in [9.17, 15) is 15.0 Å². The first-order valence-electron chi connectivity index (χ1n) is 15.2. The summed E-state index contributed by atoms with van der Waals surface area (Å²) >= 11 is 0. The smallest absolute Gasteiger partial charge is 0.224 e. The predicted octanol–water partition coefficient (Wildman–Crippen LogP) is 6.04. The Morgan fingerprint density at radius 1 is 0.955 bits per heavy atom. The van der Waals surface area contributed by atoms with Gasteiger partial charge in [0.15, 0.2) is 8.32 Å². The number of hydrogen-bond acceptors (Lipinski definition) is 7. The standard InChI is InChI=1S/C35H50N2O6Si/c1-24(36-22-33(43-44(7,8)35(2,3)4)27-15-16-30(39)28(20-27)23-38)17-25-11-9-12-26(18-25)19-34(40)37-21-29-31(41-5)13-10-14-32(29)42-6/h9-16,18,20,24,33,36,38-39H,17,19,21-23H2,1-8H3,(H,37,40)/t24-,33+/m1/s1. The fraction of sp³-hybridized carbons (Fsp3) is 0.457. The molecular weight excluding hydrogens is 572 g/mol. The van der Waals surface area contributed by atoms with Gasteiger partial charge < -0.3 is 34.7 Å². The highest BCUT2D eigenvalue weighted by Crippen LogP contribution is 2.40. The lowest BCUT2D eigenvalue weighted by molar-refractivity contribution is -0.120. The largest absolute Gasteiger partial charge is 0.508 e. The van der Waals surface area contributed by atoms with E-state index in [0.717, 1.165) is 28.7 Å². The number of hydrogen-bond donors (Lipinski definition) is 4. The van der Waals surface area contributed by atoms with Gasteiger partial charge in [-0.3, -0.25) is 4.79 Å². The molecule has 240 valence electrons. The Kier molecular flexibility index (Phi) is 12.4. The van der Waals surface area contributed by atoms with E-state index in [-0.39, 0.29) is 41.9 Å². The number of aliphatic hydroxyl groups excluding tert-OH is 1. The summed E-state index contributed by atoms with van der Waals surface area (Å²) < 4.78 is 17.7. The molecule has 0 spiro atoms. The average molecular weight is 623 g/mol. The van der Waals surface area contributed by atoms with Crippen molar-refractivity contribution in [3.8, 4) is 17.2 Å². The quantitative estimate of drug-likeness (QED) is 0.153. The lowest BCUT2D eigenvalue weighted by Gasteiger charge is -2.40. The van der Waals surface area contributed by atoms with Crippen molar-refractivity contribution < 1.29 is 28.9 Å². The maximum absolute atomic E-state index is 12.8.